The largest absolute Gasteiger partial charge is 0.322 e. The van der Waals surface area contributed by atoms with E-state index in [1.165, 1.54) is 22.7 Å². The van der Waals surface area contributed by atoms with Gasteiger partial charge in [-0.25, -0.2) is 9.67 Å². The van der Waals surface area contributed by atoms with Gasteiger partial charge in [-0.15, -0.1) is 11.3 Å². The topological polar surface area (TPSA) is 81.3 Å². The van der Waals surface area contributed by atoms with Gasteiger partial charge in [-0.2, -0.15) is 5.10 Å². The third-order valence-corrected chi connectivity index (χ3v) is 9.00. The molecule has 1 amide bonds. The second-order valence-corrected chi connectivity index (χ2v) is 11.7. The first-order chi connectivity index (χ1) is 19.3. The fourth-order valence-corrected chi connectivity index (χ4v) is 6.90. The molecule has 2 aromatic carbocycles. The van der Waals surface area contributed by atoms with E-state index in [2.05, 4.69) is 5.32 Å². The van der Waals surface area contributed by atoms with Crippen molar-refractivity contribution in [3.63, 3.8) is 0 Å². The van der Waals surface area contributed by atoms with Crippen LogP contribution >= 0.6 is 22.7 Å². The smallest absolute Gasteiger partial charge is 0.271 e. The van der Waals surface area contributed by atoms with Gasteiger partial charge < -0.3 is 5.32 Å². The first-order valence-corrected chi connectivity index (χ1v) is 14.6. The SMILES string of the molecule is CC1=C(C(=O)Nc2ccccc2C)C(c2cccs2)n2c(sc(=Cc3c(C)nn(-c4ccccc4)c3C)c2=O)=N1. The van der Waals surface area contributed by atoms with E-state index in [4.69, 9.17) is 10.1 Å². The molecule has 0 spiro atoms. The molecule has 0 bridgehead atoms. The van der Waals surface area contributed by atoms with Gasteiger partial charge in [0.1, 0.15) is 6.04 Å². The number of nitrogens with one attached hydrogen (secondary N) is 1. The van der Waals surface area contributed by atoms with E-state index >= 15 is 0 Å². The lowest BCUT2D eigenvalue weighted by Crippen LogP contribution is -2.40. The quantitative estimate of drug-likeness (QED) is 0.324. The van der Waals surface area contributed by atoms with Gasteiger partial charge in [-0.3, -0.25) is 14.2 Å². The lowest BCUT2D eigenvalue weighted by Gasteiger charge is -2.24. The summed E-state index contributed by atoms with van der Waals surface area (Å²) >= 11 is 2.85. The summed E-state index contributed by atoms with van der Waals surface area (Å²) < 4.78 is 4.10. The van der Waals surface area contributed by atoms with Crippen molar-refractivity contribution in [3.8, 4) is 5.69 Å². The molecular formula is C31H27N5O2S2. The fraction of sp³-hybridized carbons (Fsp3) is 0.161. The van der Waals surface area contributed by atoms with Crippen molar-refractivity contribution < 1.29 is 4.79 Å². The first-order valence-electron chi connectivity index (χ1n) is 12.9. The van der Waals surface area contributed by atoms with Crippen LogP contribution in [0.15, 0.2) is 93.2 Å². The Balaban J connectivity index is 1.48. The van der Waals surface area contributed by atoms with Crippen molar-refractivity contribution in [2.24, 2.45) is 4.99 Å². The number of rotatable bonds is 5. The van der Waals surface area contributed by atoms with Crippen LogP contribution in [0.25, 0.3) is 11.8 Å². The Labute approximate surface area is 239 Å². The molecule has 1 aliphatic heterocycles. The van der Waals surface area contributed by atoms with E-state index in [0.29, 0.717) is 20.6 Å². The van der Waals surface area contributed by atoms with Gasteiger partial charge >= 0.3 is 0 Å². The highest BCUT2D eigenvalue weighted by Crippen LogP contribution is 2.33. The van der Waals surface area contributed by atoms with Crippen molar-refractivity contribution in [1.29, 1.82) is 0 Å². The number of nitrogens with zero attached hydrogens (tertiary/aromatic N) is 4. The molecule has 6 rings (SSSR count). The fourth-order valence-electron chi connectivity index (χ4n) is 5.05. The lowest BCUT2D eigenvalue weighted by atomic mass is 10.0. The van der Waals surface area contributed by atoms with E-state index < -0.39 is 6.04 Å². The molecule has 7 nitrogen and oxygen atoms in total. The number of anilines is 1. The number of hydrogen-bond acceptors (Lipinski definition) is 6. The monoisotopic (exact) mass is 565 g/mol. The van der Waals surface area contributed by atoms with Crippen molar-refractivity contribution in [1.82, 2.24) is 14.3 Å². The number of hydrogen-bond donors (Lipinski definition) is 1. The molecule has 1 aliphatic rings. The van der Waals surface area contributed by atoms with Crippen molar-refractivity contribution >= 4 is 40.3 Å². The first kappa shape index (κ1) is 25.9. The summed E-state index contributed by atoms with van der Waals surface area (Å²) in [7, 11) is 0. The predicted octanol–water partition coefficient (Wildman–Crippen LogP) is 5.05. The molecule has 200 valence electrons. The molecule has 0 saturated carbocycles. The van der Waals surface area contributed by atoms with Crippen LogP contribution in [0.3, 0.4) is 0 Å². The Hall–Kier alpha value is -4.34. The van der Waals surface area contributed by atoms with Crippen LogP contribution in [0.2, 0.25) is 0 Å². The molecule has 4 heterocycles. The standard InChI is InChI=1S/C31H27N5O2S2/c1-18-11-8-9-14-24(18)33-29(37)27-20(3)32-31-35(28(27)25-15-10-16-39-25)30(38)26(40-31)17-23-19(2)34-36(21(23)4)22-12-6-5-7-13-22/h5-17,28H,1-4H3,(H,33,37). The van der Waals surface area contributed by atoms with Gasteiger partial charge in [0.05, 0.1) is 27.2 Å². The third-order valence-electron chi connectivity index (χ3n) is 7.10. The lowest BCUT2D eigenvalue weighted by molar-refractivity contribution is -0.113. The third kappa shape index (κ3) is 4.47. The number of allylic oxidation sites excluding steroid dienone is 1. The van der Waals surface area contributed by atoms with Crippen molar-refractivity contribution in [3.05, 3.63) is 130 Å². The zero-order valence-corrected chi connectivity index (χ0v) is 24.1. The molecule has 5 aromatic rings. The van der Waals surface area contributed by atoms with E-state index in [0.717, 1.165) is 38.8 Å². The van der Waals surface area contributed by atoms with Crippen LogP contribution in [-0.2, 0) is 4.79 Å². The molecule has 0 aliphatic carbocycles. The number of aryl methyl sites for hydroxylation is 2. The number of fused-ring (bicyclic) bond motifs is 1. The highest BCUT2D eigenvalue weighted by molar-refractivity contribution is 7.10. The van der Waals surface area contributed by atoms with Gasteiger partial charge in [0.25, 0.3) is 11.5 Å². The minimum absolute atomic E-state index is 0.179. The van der Waals surface area contributed by atoms with Crippen LogP contribution in [0, 0.1) is 20.8 Å². The average molecular weight is 566 g/mol. The van der Waals surface area contributed by atoms with E-state index in [9.17, 15) is 9.59 Å². The predicted molar refractivity (Wildman–Crippen MR) is 161 cm³/mol. The molecule has 0 saturated heterocycles. The summed E-state index contributed by atoms with van der Waals surface area (Å²) in [5.41, 5.74) is 6.21. The molecule has 0 fully saturated rings. The minimum Gasteiger partial charge on any atom is -0.322 e. The van der Waals surface area contributed by atoms with Gasteiger partial charge in [0.15, 0.2) is 4.80 Å². The Kier molecular flexibility index (Phi) is 6.69. The molecule has 1 atom stereocenters. The van der Waals surface area contributed by atoms with Crippen LogP contribution in [0.1, 0.15) is 40.4 Å². The van der Waals surface area contributed by atoms with Crippen LogP contribution in [0.5, 0.6) is 0 Å². The molecule has 3 aromatic heterocycles. The number of benzene rings is 2. The van der Waals surface area contributed by atoms with Crippen LogP contribution in [-0.4, -0.2) is 20.3 Å². The summed E-state index contributed by atoms with van der Waals surface area (Å²) in [5, 5.41) is 9.75. The van der Waals surface area contributed by atoms with Gasteiger partial charge in [-0.1, -0.05) is 53.8 Å². The number of thiazole rings is 1. The Morgan fingerprint density at radius 1 is 0.975 bits per heavy atom. The molecule has 9 heteroatoms. The minimum atomic E-state index is -0.573. The second kappa shape index (κ2) is 10.3. The maximum Gasteiger partial charge on any atom is 0.271 e. The molecular weight excluding hydrogens is 539 g/mol. The molecule has 1 unspecified atom stereocenters. The number of para-hydroxylation sites is 2. The summed E-state index contributed by atoms with van der Waals surface area (Å²) in [4.78, 5) is 34.0. The number of thiophene rings is 1. The number of carbonyl (C=O) groups excluding carboxylic acids is 1. The van der Waals surface area contributed by atoms with Crippen molar-refractivity contribution in [2.75, 3.05) is 5.32 Å². The summed E-state index contributed by atoms with van der Waals surface area (Å²) in [6, 6.07) is 20.9. The summed E-state index contributed by atoms with van der Waals surface area (Å²) in [5.74, 6) is -0.265. The van der Waals surface area contributed by atoms with Gasteiger partial charge in [-0.05, 0) is 69.0 Å². The summed E-state index contributed by atoms with van der Waals surface area (Å²) in [6.45, 7) is 7.74. The van der Waals surface area contributed by atoms with Gasteiger partial charge in [0, 0.05) is 21.8 Å². The average Bonchev–Trinajstić information content (AvgIpc) is 3.65. The van der Waals surface area contributed by atoms with Crippen LogP contribution < -0.4 is 20.2 Å². The molecule has 1 N–H and O–H groups in total. The van der Waals surface area contributed by atoms with E-state index in [1.54, 1.807) is 4.57 Å². The number of carbonyl (C=O) groups is 1. The summed E-state index contributed by atoms with van der Waals surface area (Å²) in [6.07, 6.45) is 1.90. The molecule has 0 radical (unpaired) electrons. The maximum absolute atomic E-state index is 14.0. The van der Waals surface area contributed by atoms with Crippen LogP contribution in [0.4, 0.5) is 5.69 Å². The zero-order valence-electron chi connectivity index (χ0n) is 22.5. The van der Waals surface area contributed by atoms with Crippen molar-refractivity contribution in [2.45, 2.75) is 33.7 Å². The maximum atomic E-state index is 14.0. The highest BCUT2D eigenvalue weighted by atomic mass is 32.1. The Morgan fingerprint density at radius 3 is 2.45 bits per heavy atom. The van der Waals surface area contributed by atoms with Gasteiger partial charge in [0.2, 0.25) is 0 Å². The zero-order chi connectivity index (χ0) is 28.0. The number of aromatic nitrogens is 3. The normalized spacial score (nSPS) is 15.2. The van der Waals surface area contributed by atoms with E-state index in [1.807, 2.05) is 111 Å². The Bertz CT molecular complexity index is 1960. The molecule has 40 heavy (non-hydrogen) atoms. The second-order valence-electron chi connectivity index (χ2n) is 9.70. The number of amides is 1. The Morgan fingerprint density at radius 2 is 1.73 bits per heavy atom. The highest BCUT2D eigenvalue weighted by Gasteiger charge is 2.33. The van der Waals surface area contributed by atoms with E-state index in [-0.39, 0.29) is 11.5 Å².